The van der Waals surface area contributed by atoms with Gasteiger partial charge in [0, 0.05) is 7.05 Å². The van der Waals surface area contributed by atoms with Crippen LogP contribution in [0.3, 0.4) is 0 Å². The van der Waals surface area contributed by atoms with Crippen molar-refractivity contribution in [2.24, 2.45) is 7.05 Å². The summed E-state index contributed by atoms with van der Waals surface area (Å²) in [5, 5.41) is 15.7. The molecular weight excluding hydrogens is 196 g/mol. The number of methoxy groups -OCH3 is 1. The molecule has 0 aromatic carbocycles. The van der Waals surface area contributed by atoms with Gasteiger partial charge in [-0.3, -0.25) is 9.48 Å². The van der Waals surface area contributed by atoms with Crippen LogP contribution in [0.15, 0.2) is 0 Å². The number of esters is 1. The SMILES string of the molecule is COC(=O)CNc1c(C#N)c(C)nn1C. The lowest BCUT2D eigenvalue weighted by Gasteiger charge is -2.04. The number of hydrogen-bond acceptors (Lipinski definition) is 5. The smallest absolute Gasteiger partial charge is 0.325 e. The molecule has 6 heteroatoms. The van der Waals surface area contributed by atoms with Crippen molar-refractivity contribution in [1.82, 2.24) is 9.78 Å². The molecule has 0 fully saturated rings. The first-order chi connectivity index (χ1) is 7.10. The third kappa shape index (κ3) is 2.26. The maximum absolute atomic E-state index is 10.9. The quantitative estimate of drug-likeness (QED) is 0.717. The standard InChI is InChI=1S/C9H12N4O2/c1-6-7(4-10)9(13(2)12-6)11-5-8(14)15-3/h11H,5H2,1-3H3. The van der Waals surface area contributed by atoms with Crippen LogP contribution in [0.5, 0.6) is 0 Å². The van der Waals surface area contributed by atoms with Crippen LogP contribution in [0, 0.1) is 18.3 Å². The number of hydrogen-bond donors (Lipinski definition) is 1. The topological polar surface area (TPSA) is 79.9 Å². The third-order valence-corrected chi connectivity index (χ3v) is 1.96. The summed E-state index contributed by atoms with van der Waals surface area (Å²) >= 11 is 0. The highest BCUT2D eigenvalue weighted by Crippen LogP contribution is 2.16. The maximum Gasteiger partial charge on any atom is 0.325 e. The Bertz CT molecular complexity index is 416. The van der Waals surface area contributed by atoms with Crippen LogP contribution >= 0.6 is 0 Å². The molecule has 1 rings (SSSR count). The van der Waals surface area contributed by atoms with Gasteiger partial charge in [-0.05, 0) is 6.92 Å². The fourth-order valence-electron chi connectivity index (χ4n) is 1.22. The predicted molar refractivity (Wildman–Crippen MR) is 53.2 cm³/mol. The van der Waals surface area contributed by atoms with Crippen molar-refractivity contribution >= 4 is 11.8 Å². The van der Waals surface area contributed by atoms with Gasteiger partial charge >= 0.3 is 5.97 Å². The highest BCUT2D eigenvalue weighted by atomic mass is 16.5. The molecule has 1 heterocycles. The summed E-state index contributed by atoms with van der Waals surface area (Å²) in [6, 6.07) is 2.03. The second kappa shape index (κ2) is 4.46. The highest BCUT2D eigenvalue weighted by molar-refractivity contribution is 5.75. The third-order valence-electron chi connectivity index (χ3n) is 1.96. The molecule has 0 atom stereocenters. The van der Waals surface area contributed by atoms with Crippen molar-refractivity contribution in [3.8, 4) is 6.07 Å². The van der Waals surface area contributed by atoms with E-state index in [1.807, 2.05) is 6.07 Å². The summed E-state index contributed by atoms with van der Waals surface area (Å²) < 4.78 is 6.00. The number of carbonyl (C=O) groups excluding carboxylic acids is 1. The second-order valence-corrected chi connectivity index (χ2v) is 2.97. The van der Waals surface area contributed by atoms with E-state index in [4.69, 9.17) is 5.26 Å². The Morgan fingerprint density at radius 1 is 1.73 bits per heavy atom. The van der Waals surface area contributed by atoms with Crippen molar-refractivity contribution < 1.29 is 9.53 Å². The van der Waals surface area contributed by atoms with Crippen molar-refractivity contribution in [2.45, 2.75) is 6.92 Å². The summed E-state index contributed by atoms with van der Waals surface area (Å²) in [6.07, 6.45) is 0. The van der Waals surface area contributed by atoms with Gasteiger partial charge in [0.05, 0.1) is 12.8 Å². The first kappa shape index (κ1) is 11.0. The molecule has 0 aliphatic carbocycles. The Morgan fingerprint density at radius 3 is 2.93 bits per heavy atom. The van der Waals surface area contributed by atoms with E-state index >= 15 is 0 Å². The van der Waals surface area contributed by atoms with E-state index in [0.29, 0.717) is 17.1 Å². The Kier molecular flexibility index (Phi) is 3.29. The number of nitrogens with zero attached hydrogens (tertiary/aromatic N) is 3. The molecule has 0 amide bonds. The Labute approximate surface area is 87.4 Å². The molecule has 0 aliphatic heterocycles. The van der Waals surface area contributed by atoms with Gasteiger partial charge in [-0.15, -0.1) is 0 Å². The molecule has 0 radical (unpaired) electrons. The normalized spacial score (nSPS) is 9.47. The van der Waals surface area contributed by atoms with Crippen LogP contribution in [0.1, 0.15) is 11.3 Å². The molecule has 1 aromatic rings. The lowest BCUT2D eigenvalue weighted by molar-refractivity contribution is -0.138. The Morgan fingerprint density at radius 2 is 2.40 bits per heavy atom. The molecular formula is C9H12N4O2. The minimum Gasteiger partial charge on any atom is -0.468 e. The summed E-state index contributed by atoms with van der Waals surface area (Å²) in [6.45, 7) is 1.76. The van der Waals surface area contributed by atoms with Crippen molar-refractivity contribution in [3.63, 3.8) is 0 Å². The Balaban J connectivity index is 2.85. The molecule has 0 spiro atoms. The van der Waals surface area contributed by atoms with Crippen LogP contribution in [-0.4, -0.2) is 29.4 Å². The molecule has 0 bridgehead atoms. The van der Waals surface area contributed by atoms with Gasteiger partial charge in [-0.25, -0.2) is 0 Å². The first-order valence-electron chi connectivity index (χ1n) is 4.34. The number of rotatable bonds is 3. The zero-order valence-electron chi connectivity index (χ0n) is 8.87. The lowest BCUT2D eigenvalue weighted by Crippen LogP contribution is -2.17. The molecule has 1 N–H and O–H groups in total. The number of ether oxygens (including phenoxy) is 1. The molecule has 0 aliphatic rings. The van der Waals surface area contributed by atoms with Crippen LogP contribution in [0.4, 0.5) is 5.82 Å². The van der Waals surface area contributed by atoms with E-state index in [2.05, 4.69) is 15.2 Å². The maximum atomic E-state index is 10.9. The van der Waals surface area contributed by atoms with E-state index in [0.717, 1.165) is 0 Å². The van der Waals surface area contributed by atoms with E-state index in [1.54, 1.807) is 14.0 Å². The predicted octanol–water partition coefficient (Wildman–Crippen LogP) is 0.185. The summed E-state index contributed by atoms with van der Waals surface area (Å²) in [5.74, 6) is 0.137. The Hall–Kier alpha value is -2.03. The second-order valence-electron chi connectivity index (χ2n) is 2.97. The summed E-state index contributed by atoms with van der Waals surface area (Å²) in [5.41, 5.74) is 1.08. The number of carbonyl (C=O) groups is 1. The van der Waals surface area contributed by atoms with Gasteiger partial charge < -0.3 is 10.1 Å². The molecule has 0 unspecified atom stereocenters. The number of anilines is 1. The minimum absolute atomic E-state index is 0.0180. The number of aromatic nitrogens is 2. The molecule has 15 heavy (non-hydrogen) atoms. The zero-order valence-corrected chi connectivity index (χ0v) is 8.87. The summed E-state index contributed by atoms with van der Waals surface area (Å²) in [7, 11) is 3.01. The fraction of sp³-hybridized carbons (Fsp3) is 0.444. The van der Waals surface area contributed by atoms with E-state index in [-0.39, 0.29) is 6.54 Å². The van der Waals surface area contributed by atoms with Crippen LogP contribution in [-0.2, 0) is 16.6 Å². The highest BCUT2D eigenvalue weighted by Gasteiger charge is 2.13. The van der Waals surface area contributed by atoms with E-state index < -0.39 is 5.97 Å². The van der Waals surface area contributed by atoms with E-state index in [1.165, 1.54) is 11.8 Å². The molecule has 0 saturated carbocycles. The van der Waals surface area contributed by atoms with E-state index in [9.17, 15) is 4.79 Å². The fourth-order valence-corrected chi connectivity index (χ4v) is 1.22. The average Bonchev–Trinajstić information content (AvgIpc) is 2.49. The molecule has 80 valence electrons. The summed E-state index contributed by atoms with van der Waals surface area (Å²) in [4.78, 5) is 10.9. The van der Waals surface area contributed by atoms with Crippen LogP contribution in [0.25, 0.3) is 0 Å². The number of aryl methyl sites for hydroxylation is 2. The molecule has 1 aromatic heterocycles. The van der Waals surface area contributed by atoms with Crippen LogP contribution in [0.2, 0.25) is 0 Å². The van der Waals surface area contributed by atoms with Gasteiger partial charge in [-0.1, -0.05) is 0 Å². The minimum atomic E-state index is -0.391. The molecule has 6 nitrogen and oxygen atoms in total. The van der Waals surface area contributed by atoms with Gasteiger partial charge in [0.15, 0.2) is 0 Å². The monoisotopic (exact) mass is 208 g/mol. The van der Waals surface area contributed by atoms with Crippen LogP contribution < -0.4 is 5.32 Å². The van der Waals surface area contributed by atoms with Gasteiger partial charge in [0.2, 0.25) is 0 Å². The van der Waals surface area contributed by atoms with Gasteiger partial charge in [0.1, 0.15) is 24.0 Å². The first-order valence-corrected chi connectivity index (χ1v) is 4.34. The van der Waals surface area contributed by atoms with Crippen molar-refractivity contribution in [3.05, 3.63) is 11.3 Å². The van der Waals surface area contributed by atoms with Crippen molar-refractivity contribution in [2.75, 3.05) is 19.0 Å². The van der Waals surface area contributed by atoms with Crippen molar-refractivity contribution in [1.29, 1.82) is 5.26 Å². The molecule has 0 saturated heterocycles. The zero-order chi connectivity index (χ0) is 11.4. The van der Waals surface area contributed by atoms with Gasteiger partial charge in [0.25, 0.3) is 0 Å². The number of nitrogens with one attached hydrogen (secondary N) is 1. The average molecular weight is 208 g/mol. The largest absolute Gasteiger partial charge is 0.468 e. The number of nitriles is 1. The van der Waals surface area contributed by atoms with Gasteiger partial charge in [-0.2, -0.15) is 10.4 Å². The lowest BCUT2D eigenvalue weighted by atomic mass is 10.2.